The topological polar surface area (TPSA) is 57.2 Å². The molecule has 0 saturated heterocycles. The summed E-state index contributed by atoms with van der Waals surface area (Å²) in [4.78, 5) is 14.2. The minimum atomic E-state index is 0.221. The van der Waals surface area contributed by atoms with Crippen LogP contribution in [0.2, 0.25) is 0 Å². The van der Waals surface area contributed by atoms with Crippen molar-refractivity contribution in [1.29, 1.82) is 0 Å². The van der Waals surface area contributed by atoms with E-state index in [1.54, 1.807) is 28.4 Å². The average molecular weight is 424 g/mol. The first-order chi connectivity index (χ1) is 15.0. The number of amides is 1. The van der Waals surface area contributed by atoms with Crippen molar-refractivity contribution in [2.24, 2.45) is 5.92 Å². The summed E-state index contributed by atoms with van der Waals surface area (Å²) in [5.41, 5.74) is 1.11. The van der Waals surface area contributed by atoms with Gasteiger partial charge < -0.3 is 23.8 Å². The van der Waals surface area contributed by atoms with Crippen LogP contribution in [0.3, 0.4) is 0 Å². The lowest BCUT2D eigenvalue weighted by atomic mass is 9.95. The van der Waals surface area contributed by atoms with Crippen LogP contribution in [-0.4, -0.2) is 52.8 Å². The summed E-state index contributed by atoms with van der Waals surface area (Å²) in [7, 11) is 8.44. The van der Waals surface area contributed by atoms with Gasteiger partial charge in [0.2, 0.25) is 5.91 Å². The molecule has 6 nitrogen and oxygen atoms in total. The smallest absolute Gasteiger partial charge is 0.225 e. The van der Waals surface area contributed by atoms with Crippen LogP contribution >= 0.6 is 0 Å². The highest BCUT2D eigenvalue weighted by molar-refractivity contribution is 6.13. The van der Waals surface area contributed by atoms with Crippen molar-refractivity contribution in [3.63, 3.8) is 0 Å². The van der Waals surface area contributed by atoms with E-state index in [0.29, 0.717) is 29.5 Å². The Hall–Kier alpha value is -3.15. The molecule has 0 N–H and O–H groups in total. The van der Waals surface area contributed by atoms with E-state index in [0.717, 1.165) is 46.4 Å². The quantitative estimate of drug-likeness (QED) is 0.502. The van der Waals surface area contributed by atoms with E-state index in [9.17, 15) is 4.79 Å². The summed E-state index contributed by atoms with van der Waals surface area (Å²) >= 11 is 0. The first-order valence-corrected chi connectivity index (χ1v) is 10.5. The Kier molecular flexibility index (Phi) is 5.81. The number of nitrogens with zero attached hydrogens (tertiary/aromatic N) is 1. The molecule has 31 heavy (non-hydrogen) atoms. The molecule has 3 aromatic carbocycles. The Bertz CT molecular complexity index is 1140. The van der Waals surface area contributed by atoms with E-state index in [2.05, 4.69) is 12.1 Å². The Morgan fingerprint density at radius 2 is 1.58 bits per heavy atom. The Morgan fingerprint density at radius 3 is 2.19 bits per heavy atom. The number of hydrogen-bond donors (Lipinski definition) is 0. The summed E-state index contributed by atoms with van der Waals surface area (Å²) in [6, 6.07) is 10.1. The first-order valence-electron chi connectivity index (χ1n) is 10.5. The van der Waals surface area contributed by atoms with Crippen LogP contribution in [-0.2, 0) is 11.2 Å². The van der Waals surface area contributed by atoms with E-state index in [4.69, 9.17) is 18.9 Å². The lowest BCUT2D eigenvalue weighted by Gasteiger charge is -2.20. The number of likely N-dealkylation sites (N-methyl/N-ethyl adjacent to an activating group) is 1. The number of benzene rings is 3. The van der Waals surface area contributed by atoms with Crippen LogP contribution in [0.1, 0.15) is 18.4 Å². The monoisotopic (exact) mass is 423 g/mol. The molecule has 0 unspecified atom stereocenters. The second-order valence-electron chi connectivity index (χ2n) is 7.97. The lowest BCUT2D eigenvalue weighted by Crippen LogP contribution is -2.30. The maximum absolute atomic E-state index is 12.4. The second kappa shape index (κ2) is 8.53. The van der Waals surface area contributed by atoms with Gasteiger partial charge in [0.05, 0.1) is 28.4 Å². The molecule has 164 valence electrons. The predicted molar refractivity (Wildman–Crippen MR) is 122 cm³/mol. The van der Waals surface area contributed by atoms with Gasteiger partial charge in [-0.1, -0.05) is 12.1 Å². The number of ether oxygens (including phenoxy) is 4. The van der Waals surface area contributed by atoms with Crippen molar-refractivity contribution >= 4 is 27.5 Å². The molecule has 1 fully saturated rings. The first kappa shape index (κ1) is 21.1. The van der Waals surface area contributed by atoms with E-state index < -0.39 is 0 Å². The van der Waals surface area contributed by atoms with Gasteiger partial charge in [-0.25, -0.2) is 0 Å². The van der Waals surface area contributed by atoms with E-state index in [-0.39, 0.29) is 11.8 Å². The van der Waals surface area contributed by atoms with Gasteiger partial charge in [-0.3, -0.25) is 4.79 Å². The van der Waals surface area contributed by atoms with Gasteiger partial charge in [0.25, 0.3) is 0 Å². The van der Waals surface area contributed by atoms with Crippen molar-refractivity contribution < 1.29 is 23.7 Å². The fourth-order valence-corrected chi connectivity index (χ4v) is 4.19. The normalized spacial score (nSPS) is 13.3. The Balaban J connectivity index is 1.86. The highest BCUT2D eigenvalue weighted by atomic mass is 16.5. The van der Waals surface area contributed by atoms with Crippen molar-refractivity contribution in [3.05, 3.63) is 35.9 Å². The van der Waals surface area contributed by atoms with Gasteiger partial charge in [0.15, 0.2) is 23.0 Å². The molecule has 0 aromatic heterocycles. The summed E-state index contributed by atoms with van der Waals surface area (Å²) in [6.45, 7) is 0.657. The third-order valence-electron chi connectivity index (χ3n) is 6.07. The molecule has 1 aliphatic rings. The minimum absolute atomic E-state index is 0.221. The maximum atomic E-state index is 12.4. The number of hydrogen-bond acceptors (Lipinski definition) is 5. The van der Waals surface area contributed by atoms with Crippen LogP contribution in [0.15, 0.2) is 30.3 Å². The number of rotatable bonds is 8. The predicted octanol–water partition coefficient (Wildman–Crippen LogP) is 4.44. The van der Waals surface area contributed by atoms with E-state index >= 15 is 0 Å². The molecule has 0 radical (unpaired) electrons. The third-order valence-corrected chi connectivity index (χ3v) is 6.07. The van der Waals surface area contributed by atoms with Gasteiger partial charge in [-0.15, -0.1) is 0 Å². The molecule has 0 aliphatic heterocycles. The number of fused-ring (bicyclic) bond motifs is 3. The molecular formula is C25H29NO5. The molecular weight excluding hydrogens is 394 g/mol. The highest BCUT2D eigenvalue weighted by Crippen LogP contribution is 2.44. The Morgan fingerprint density at radius 1 is 0.903 bits per heavy atom. The zero-order valence-electron chi connectivity index (χ0n) is 18.8. The van der Waals surface area contributed by atoms with Gasteiger partial charge >= 0.3 is 0 Å². The average Bonchev–Trinajstić information content (AvgIpc) is 3.65. The largest absolute Gasteiger partial charge is 0.493 e. The summed E-state index contributed by atoms with van der Waals surface area (Å²) in [6.07, 6.45) is 2.75. The van der Waals surface area contributed by atoms with Gasteiger partial charge in [0, 0.05) is 24.9 Å². The molecule has 0 spiro atoms. The van der Waals surface area contributed by atoms with Crippen LogP contribution in [0.4, 0.5) is 0 Å². The zero-order valence-corrected chi connectivity index (χ0v) is 18.8. The SMILES string of the molecule is COc1cc2ccc3c(CCN(C)C(=O)C4CC4)cc(OC)c(OC)c3c2cc1OC. The summed E-state index contributed by atoms with van der Waals surface area (Å²) < 4.78 is 22.5. The molecule has 4 rings (SSSR count). The maximum Gasteiger partial charge on any atom is 0.225 e. The summed E-state index contributed by atoms with van der Waals surface area (Å²) in [5, 5.41) is 4.05. The molecule has 0 heterocycles. The Labute approximate surface area is 182 Å². The van der Waals surface area contributed by atoms with Crippen molar-refractivity contribution in [1.82, 2.24) is 4.90 Å². The number of methoxy groups -OCH3 is 4. The van der Waals surface area contributed by atoms with Crippen molar-refractivity contribution in [3.8, 4) is 23.0 Å². The molecule has 0 bridgehead atoms. The number of carbonyl (C=O) groups is 1. The minimum Gasteiger partial charge on any atom is -0.493 e. The van der Waals surface area contributed by atoms with Crippen LogP contribution in [0, 0.1) is 5.92 Å². The zero-order chi connectivity index (χ0) is 22.1. The highest BCUT2D eigenvalue weighted by Gasteiger charge is 2.31. The van der Waals surface area contributed by atoms with E-state index in [1.807, 2.05) is 30.1 Å². The molecule has 1 aliphatic carbocycles. The third kappa shape index (κ3) is 3.82. The molecule has 0 atom stereocenters. The fraction of sp³-hybridized carbons (Fsp3) is 0.400. The van der Waals surface area contributed by atoms with Crippen molar-refractivity contribution in [2.45, 2.75) is 19.3 Å². The van der Waals surface area contributed by atoms with Crippen LogP contribution in [0.25, 0.3) is 21.5 Å². The standard InChI is InChI=1S/C25H29NO5/c1-26(25(27)15-6-7-15)11-10-17-13-22(30-4)24(31-5)23-18(17)9-8-16-12-20(28-2)21(29-3)14-19(16)23/h8-9,12-15H,6-7,10-11H2,1-5H3. The van der Waals surface area contributed by atoms with E-state index in [1.165, 1.54) is 0 Å². The molecule has 1 saturated carbocycles. The van der Waals surface area contributed by atoms with Crippen LogP contribution in [0.5, 0.6) is 23.0 Å². The molecule has 1 amide bonds. The van der Waals surface area contributed by atoms with Crippen LogP contribution < -0.4 is 18.9 Å². The van der Waals surface area contributed by atoms with Crippen molar-refractivity contribution in [2.75, 3.05) is 42.0 Å². The number of carbonyl (C=O) groups excluding carboxylic acids is 1. The lowest BCUT2D eigenvalue weighted by molar-refractivity contribution is -0.131. The van der Waals surface area contributed by atoms with Gasteiger partial charge in [0.1, 0.15) is 0 Å². The second-order valence-corrected chi connectivity index (χ2v) is 7.97. The molecule has 6 heteroatoms. The molecule has 3 aromatic rings. The summed E-state index contributed by atoms with van der Waals surface area (Å²) in [5.74, 6) is 3.15. The fourth-order valence-electron chi connectivity index (χ4n) is 4.19. The van der Waals surface area contributed by atoms with Gasteiger partial charge in [-0.2, -0.15) is 0 Å². The van der Waals surface area contributed by atoms with Gasteiger partial charge in [-0.05, 0) is 59.2 Å².